The molecule has 1 saturated heterocycles. The second-order valence-corrected chi connectivity index (χ2v) is 6.70. The lowest BCUT2D eigenvalue weighted by atomic mass is 10.0. The molecule has 22 heavy (non-hydrogen) atoms. The Morgan fingerprint density at radius 1 is 0.773 bits per heavy atom. The third-order valence-electron chi connectivity index (χ3n) is 4.50. The Balaban J connectivity index is 1.64. The molecule has 1 atom stereocenters. The first-order chi connectivity index (χ1) is 10.8. The van der Waals surface area contributed by atoms with Gasteiger partial charge < -0.3 is 4.90 Å². The van der Waals surface area contributed by atoms with Crippen LogP contribution in [0.2, 0.25) is 0 Å². The zero-order valence-corrected chi connectivity index (χ0v) is 13.8. The molecule has 0 N–H and O–H groups in total. The maximum Gasteiger partial charge on any atom is 0.0712 e. The topological polar surface area (TPSA) is 3.24 Å². The van der Waals surface area contributed by atoms with Gasteiger partial charge in [0, 0.05) is 6.54 Å². The van der Waals surface area contributed by atoms with Gasteiger partial charge in [0.05, 0.1) is 5.38 Å². The summed E-state index contributed by atoms with van der Waals surface area (Å²) in [6.45, 7) is 3.36. The second kappa shape index (κ2) is 7.80. The highest BCUT2D eigenvalue weighted by Crippen LogP contribution is 2.26. The first kappa shape index (κ1) is 15.6. The van der Waals surface area contributed by atoms with Crippen molar-refractivity contribution in [1.82, 2.24) is 4.90 Å². The monoisotopic (exact) mass is 313 g/mol. The zero-order valence-electron chi connectivity index (χ0n) is 13.0. The Bertz CT molecular complexity index is 556. The molecule has 116 valence electrons. The number of likely N-dealkylation sites (tertiary alicyclic amines) is 1. The quantitative estimate of drug-likeness (QED) is 0.673. The van der Waals surface area contributed by atoms with E-state index in [0.717, 1.165) is 6.54 Å². The lowest BCUT2D eigenvalue weighted by Gasteiger charge is -2.23. The van der Waals surface area contributed by atoms with E-state index in [1.165, 1.54) is 55.5 Å². The molecule has 0 bridgehead atoms. The number of rotatable bonds is 4. The molecule has 1 heterocycles. The highest BCUT2D eigenvalue weighted by molar-refractivity contribution is 6.21. The summed E-state index contributed by atoms with van der Waals surface area (Å²) in [7, 11) is 0. The Kier molecular flexibility index (Phi) is 5.53. The molecule has 1 aliphatic rings. The van der Waals surface area contributed by atoms with Gasteiger partial charge in [-0.25, -0.2) is 0 Å². The minimum absolute atomic E-state index is 0.0860. The van der Waals surface area contributed by atoms with Crippen molar-refractivity contribution in [1.29, 1.82) is 0 Å². The maximum absolute atomic E-state index is 6.65. The van der Waals surface area contributed by atoms with Crippen molar-refractivity contribution in [3.05, 3.63) is 60.2 Å². The first-order valence-corrected chi connectivity index (χ1v) is 8.78. The Morgan fingerprint density at radius 2 is 1.36 bits per heavy atom. The minimum Gasteiger partial charge on any atom is -0.302 e. The van der Waals surface area contributed by atoms with E-state index in [0.29, 0.717) is 0 Å². The molecule has 0 radical (unpaired) electrons. The van der Waals surface area contributed by atoms with E-state index in [9.17, 15) is 0 Å². The van der Waals surface area contributed by atoms with Crippen molar-refractivity contribution >= 4 is 11.6 Å². The highest BCUT2D eigenvalue weighted by atomic mass is 35.5. The summed E-state index contributed by atoms with van der Waals surface area (Å²) in [5, 5.41) is 0.0860. The standard InChI is InChI=1S/C20H24ClN/c21-20(16-22-14-6-1-2-7-15-22)19-12-10-18(11-13-19)17-8-4-3-5-9-17/h3-5,8-13,20H,1-2,6-7,14-16H2. The Labute approximate surface area is 138 Å². The van der Waals surface area contributed by atoms with E-state index in [2.05, 4.69) is 53.4 Å². The smallest absolute Gasteiger partial charge is 0.0712 e. The van der Waals surface area contributed by atoms with Crippen molar-refractivity contribution in [3.63, 3.8) is 0 Å². The molecule has 1 aliphatic heterocycles. The van der Waals surface area contributed by atoms with Crippen molar-refractivity contribution in [2.75, 3.05) is 19.6 Å². The summed E-state index contributed by atoms with van der Waals surface area (Å²) in [5.74, 6) is 0. The van der Waals surface area contributed by atoms with E-state index in [1.807, 2.05) is 6.07 Å². The van der Waals surface area contributed by atoms with Crippen LogP contribution in [-0.4, -0.2) is 24.5 Å². The number of benzene rings is 2. The van der Waals surface area contributed by atoms with Crippen molar-refractivity contribution in [2.24, 2.45) is 0 Å². The molecule has 2 aromatic carbocycles. The third kappa shape index (κ3) is 4.12. The lowest BCUT2D eigenvalue weighted by Crippen LogP contribution is -2.28. The fourth-order valence-corrected chi connectivity index (χ4v) is 3.51. The molecular weight excluding hydrogens is 290 g/mol. The Morgan fingerprint density at radius 3 is 2.00 bits per heavy atom. The molecule has 1 unspecified atom stereocenters. The SMILES string of the molecule is ClC(CN1CCCCCC1)c1ccc(-c2ccccc2)cc1. The van der Waals surface area contributed by atoms with Gasteiger partial charge in [0.25, 0.3) is 0 Å². The van der Waals surface area contributed by atoms with Gasteiger partial charge in [-0.05, 0) is 42.6 Å². The first-order valence-electron chi connectivity index (χ1n) is 8.35. The van der Waals surface area contributed by atoms with Gasteiger partial charge in [0.1, 0.15) is 0 Å². The van der Waals surface area contributed by atoms with Gasteiger partial charge in [-0.3, -0.25) is 0 Å². The average molecular weight is 314 g/mol. The van der Waals surface area contributed by atoms with E-state index >= 15 is 0 Å². The largest absolute Gasteiger partial charge is 0.302 e. The molecule has 0 aliphatic carbocycles. The van der Waals surface area contributed by atoms with Crippen LogP contribution >= 0.6 is 11.6 Å². The number of alkyl halides is 1. The molecule has 0 amide bonds. The van der Waals surface area contributed by atoms with Crippen LogP contribution in [0.5, 0.6) is 0 Å². The second-order valence-electron chi connectivity index (χ2n) is 6.17. The van der Waals surface area contributed by atoms with Gasteiger partial charge in [-0.15, -0.1) is 11.6 Å². The zero-order chi connectivity index (χ0) is 15.2. The fourth-order valence-electron chi connectivity index (χ4n) is 3.17. The molecule has 0 aromatic heterocycles. The van der Waals surface area contributed by atoms with Gasteiger partial charge >= 0.3 is 0 Å². The van der Waals surface area contributed by atoms with Crippen LogP contribution in [0.4, 0.5) is 0 Å². The summed E-state index contributed by atoms with van der Waals surface area (Å²) in [6, 6.07) is 19.2. The summed E-state index contributed by atoms with van der Waals surface area (Å²) < 4.78 is 0. The van der Waals surface area contributed by atoms with E-state index in [-0.39, 0.29) is 5.38 Å². The summed E-state index contributed by atoms with van der Waals surface area (Å²) in [4.78, 5) is 2.52. The third-order valence-corrected chi connectivity index (χ3v) is 4.89. The van der Waals surface area contributed by atoms with E-state index in [1.54, 1.807) is 0 Å². The van der Waals surface area contributed by atoms with Crippen LogP contribution in [-0.2, 0) is 0 Å². The molecule has 1 nitrogen and oxygen atoms in total. The fraction of sp³-hybridized carbons (Fsp3) is 0.400. The number of hydrogen-bond donors (Lipinski definition) is 0. The number of halogens is 1. The molecule has 2 heteroatoms. The normalized spacial score (nSPS) is 17.9. The minimum atomic E-state index is 0.0860. The molecule has 1 fully saturated rings. The number of hydrogen-bond acceptors (Lipinski definition) is 1. The molecule has 0 saturated carbocycles. The summed E-state index contributed by atoms with van der Waals surface area (Å²) >= 11 is 6.65. The van der Waals surface area contributed by atoms with Crippen molar-refractivity contribution in [2.45, 2.75) is 31.1 Å². The van der Waals surface area contributed by atoms with E-state index in [4.69, 9.17) is 11.6 Å². The lowest BCUT2D eigenvalue weighted by molar-refractivity contribution is 0.285. The molecule has 3 rings (SSSR count). The summed E-state index contributed by atoms with van der Waals surface area (Å²) in [6.07, 6.45) is 5.37. The van der Waals surface area contributed by atoms with Crippen LogP contribution in [0.1, 0.15) is 36.6 Å². The van der Waals surface area contributed by atoms with Crippen LogP contribution in [0.15, 0.2) is 54.6 Å². The van der Waals surface area contributed by atoms with Crippen LogP contribution in [0.3, 0.4) is 0 Å². The van der Waals surface area contributed by atoms with Crippen LogP contribution in [0.25, 0.3) is 11.1 Å². The predicted octanol–water partition coefficient (Wildman–Crippen LogP) is 5.51. The van der Waals surface area contributed by atoms with Crippen molar-refractivity contribution in [3.8, 4) is 11.1 Å². The van der Waals surface area contributed by atoms with Gasteiger partial charge in [-0.2, -0.15) is 0 Å². The maximum atomic E-state index is 6.65. The van der Waals surface area contributed by atoms with E-state index < -0.39 is 0 Å². The van der Waals surface area contributed by atoms with Gasteiger partial charge in [0.15, 0.2) is 0 Å². The van der Waals surface area contributed by atoms with Crippen molar-refractivity contribution < 1.29 is 0 Å². The van der Waals surface area contributed by atoms with Gasteiger partial charge in [-0.1, -0.05) is 67.4 Å². The summed E-state index contributed by atoms with van der Waals surface area (Å²) in [5.41, 5.74) is 3.74. The number of nitrogens with zero attached hydrogens (tertiary/aromatic N) is 1. The van der Waals surface area contributed by atoms with Gasteiger partial charge in [0.2, 0.25) is 0 Å². The van der Waals surface area contributed by atoms with Crippen LogP contribution < -0.4 is 0 Å². The Hall–Kier alpha value is -1.31. The highest BCUT2D eigenvalue weighted by Gasteiger charge is 2.15. The molecular formula is C20H24ClN. The average Bonchev–Trinajstić information content (AvgIpc) is 2.84. The molecule has 0 spiro atoms. The predicted molar refractivity (Wildman–Crippen MR) is 95.4 cm³/mol. The molecule has 2 aromatic rings. The van der Waals surface area contributed by atoms with Crippen LogP contribution in [0, 0.1) is 0 Å².